The van der Waals surface area contributed by atoms with Crippen LogP contribution in [0.5, 0.6) is 5.75 Å². The number of rotatable bonds is 9. The molecule has 0 radical (unpaired) electrons. The SMILES string of the molecule is COc1ccc2cc(CN(CCCN3CCCC3=O)C(=O)C3CCCCC3)c(N3CCOCC3)nc2c1. The number of aromatic nitrogens is 1. The summed E-state index contributed by atoms with van der Waals surface area (Å²) in [6.45, 7) is 5.66. The van der Waals surface area contributed by atoms with Crippen LogP contribution in [0.25, 0.3) is 10.9 Å². The van der Waals surface area contributed by atoms with Gasteiger partial charge in [-0.3, -0.25) is 9.59 Å². The highest BCUT2D eigenvalue weighted by atomic mass is 16.5. The lowest BCUT2D eigenvalue weighted by Gasteiger charge is -2.33. The number of methoxy groups -OCH3 is 1. The van der Waals surface area contributed by atoms with Crippen molar-refractivity contribution in [2.45, 2.75) is 57.9 Å². The molecule has 0 bridgehead atoms. The molecular weight excluding hydrogens is 468 g/mol. The molecule has 3 aliphatic rings. The number of pyridine rings is 1. The molecule has 37 heavy (non-hydrogen) atoms. The van der Waals surface area contributed by atoms with Crippen molar-refractivity contribution in [1.29, 1.82) is 0 Å². The average molecular weight is 509 g/mol. The smallest absolute Gasteiger partial charge is 0.225 e. The zero-order valence-electron chi connectivity index (χ0n) is 22.1. The molecule has 1 saturated carbocycles. The molecule has 2 aliphatic heterocycles. The van der Waals surface area contributed by atoms with E-state index in [0.717, 1.165) is 92.7 Å². The summed E-state index contributed by atoms with van der Waals surface area (Å²) >= 11 is 0. The number of carbonyl (C=O) groups is 2. The number of fused-ring (bicyclic) bond motifs is 1. The first kappa shape index (κ1) is 25.8. The Morgan fingerprint density at radius 1 is 1.11 bits per heavy atom. The van der Waals surface area contributed by atoms with Crippen LogP contribution in [0.1, 0.15) is 56.9 Å². The van der Waals surface area contributed by atoms with Crippen LogP contribution in [0.15, 0.2) is 24.3 Å². The van der Waals surface area contributed by atoms with Crippen LogP contribution in [0.3, 0.4) is 0 Å². The third-order valence-corrected chi connectivity index (χ3v) is 8.05. The third-order valence-electron chi connectivity index (χ3n) is 8.05. The monoisotopic (exact) mass is 508 g/mol. The molecule has 0 N–H and O–H groups in total. The number of ether oxygens (including phenoxy) is 2. The van der Waals surface area contributed by atoms with Gasteiger partial charge < -0.3 is 24.2 Å². The fourth-order valence-electron chi connectivity index (χ4n) is 5.95. The molecule has 2 amide bonds. The number of likely N-dealkylation sites (tertiary alicyclic amines) is 1. The van der Waals surface area contributed by atoms with Gasteiger partial charge in [0.1, 0.15) is 11.6 Å². The number of nitrogens with zero attached hydrogens (tertiary/aromatic N) is 4. The van der Waals surface area contributed by atoms with E-state index in [1.165, 1.54) is 6.42 Å². The van der Waals surface area contributed by atoms with E-state index in [9.17, 15) is 9.59 Å². The van der Waals surface area contributed by atoms with Gasteiger partial charge in [0.15, 0.2) is 0 Å². The van der Waals surface area contributed by atoms with Gasteiger partial charge in [-0.2, -0.15) is 0 Å². The van der Waals surface area contributed by atoms with Gasteiger partial charge in [0.2, 0.25) is 11.8 Å². The Bertz CT molecular complexity index is 1090. The quantitative estimate of drug-likeness (QED) is 0.510. The number of carbonyl (C=O) groups excluding carboxylic acids is 2. The normalized spacial score (nSPS) is 19.0. The van der Waals surface area contributed by atoms with Crippen LogP contribution in [-0.4, -0.2) is 79.6 Å². The first-order valence-electron chi connectivity index (χ1n) is 14.0. The van der Waals surface area contributed by atoms with Crippen molar-refractivity contribution in [1.82, 2.24) is 14.8 Å². The van der Waals surface area contributed by atoms with Gasteiger partial charge in [0.05, 0.1) is 25.8 Å². The fraction of sp³-hybridized carbons (Fsp3) is 0.621. The fourth-order valence-corrected chi connectivity index (χ4v) is 5.95. The standard InChI is InChI=1S/C29H40N4O4/c1-36-25-11-10-23-19-24(28(30-26(23)20-25)32-15-17-37-18-16-32)21-33(29(35)22-7-3-2-4-8-22)14-6-13-31-12-5-9-27(31)34/h10-11,19-20,22H,2-9,12-18,21H2,1H3. The van der Waals surface area contributed by atoms with Gasteiger partial charge in [0, 0.05) is 68.6 Å². The molecule has 0 atom stereocenters. The highest BCUT2D eigenvalue weighted by molar-refractivity contribution is 5.84. The lowest BCUT2D eigenvalue weighted by Crippen LogP contribution is -2.40. The van der Waals surface area contributed by atoms with Crippen LogP contribution in [0.4, 0.5) is 5.82 Å². The molecule has 2 saturated heterocycles. The number of hydrogen-bond donors (Lipinski definition) is 0. The van der Waals surface area contributed by atoms with Crippen LogP contribution < -0.4 is 9.64 Å². The van der Waals surface area contributed by atoms with E-state index in [-0.39, 0.29) is 17.7 Å². The number of hydrogen-bond acceptors (Lipinski definition) is 6. The maximum absolute atomic E-state index is 13.8. The van der Waals surface area contributed by atoms with Gasteiger partial charge in [-0.25, -0.2) is 4.98 Å². The summed E-state index contributed by atoms with van der Waals surface area (Å²) in [7, 11) is 1.67. The number of benzene rings is 1. The van der Waals surface area contributed by atoms with E-state index in [2.05, 4.69) is 11.0 Å². The van der Waals surface area contributed by atoms with Crippen molar-refractivity contribution in [2.24, 2.45) is 5.92 Å². The molecule has 3 heterocycles. The zero-order chi connectivity index (χ0) is 25.6. The molecule has 2 aromatic rings. The molecule has 8 nitrogen and oxygen atoms in total. The molecule has 0 spiro atoms. The Hall–Kier alpha value is -2.87. The zero-order valence-corrected chi connectivity index (χ0v) is 22.1. The Balaban J connectivity index is 1.42. The first-order chi connectivity index (χ1) is 18.1. The van der Waals surface area contributed by atoms with E-state index >= 15 is 0 Å². The van der Waals surface area contributed by atoms with Gasteiger partial charge in [-0.15, -0.1) is 0 Å². The summed E-state index contributed by atoms with van der Waals surface area (Å²) in [5.41, 5.74) is 1.96. The van der Waals surface area contributed by atoms with E-state index in [0.29, 0.717) is 32.7 Å². The van der Waals surface area contributed by atoms with Crippen molar-refractivity contribution in [3.05, 3.63) is 29.8 Å². The van der Waals surface area contributed by atoms with Gasteiger partial charge in [-0.05, 0) is 43.9 Å². The van der Waals surface area contributed by atoms with Crippen LogP contribution in [0, 0.1) is 5.92 Å². The van der Waals surface area contributed by atoms with E-state index in [1.54, 1.807) is 7.11 Å². The maximum Gasteiger partial charge on any atom is 0.225 e. The predicted molar refractivity (Wildman–Crippen MR) is 144 cm³/mol. The Labute approximate surface area is 219 Å². The first-order valence-corrected chi connectivity index (χ1v) is 14.0. The Kier molecular flexibility index (Phi) is 8.44. The predicted octanol–water partition coefficient (Wildman–Crippen LogP) is 4.00. The van der Waals surface area contributed by atoms with E-state index < -0.39 is 0 Å². The molecule has 1 aromatic carbocycles. The largest absolute Gasteiger partial charge is 0.497 e. The third kappa shape index (κ3) is 6.17. The minimum atomic E-state index is 0.103. The highest BCUT2D eigenvalue weighted by Crippen LogP contribution is 2.30. The lowest BCUT2D eigenvalue weighted by atomic mass is 9.88. The summed E-state index contributed by atoms with van der Waals surface area (Å²) in [6.07, 6.45) is 7.84. The molecule has 5 rings (SSSR count). The Morgan fingerprint density at radius 2 is 1.92 bits per heavy atom. The summed E-state index contributed by atoms with van der Waals surface area (Å²) in [4.78, 5) is 37.3. The summed E-state index contributed by atoms with van der Waals surface area (Å²) in [5.74, 6) is 2.32. The number of anilines is 1. The molecule has 200 valence electrons. The molecular formula is C29H40N4O4. The average Bonchev–Trinajstić information content (AvgIpc) is 3.36. The molecule has 8 heteroatoms. The topological polar surface area (TPSA) is 75.2 Å². The second-order valence-corrected chi connectivity index (χ2v) is 10.6. The summed E-state index contributed by atoms with van der Waals surface area (Å²) in [6, 6.07) is 8.17. The number of amides is 2. The number of morpholine rings is 1. The van der Waals surface area contributed by atoms with Crippen LogP contribution in [-0.2, 0) is 20.9 Å². The van der Waals surface area contributed by atoms with Crippen molar-refractivity contribution < 1.29 is 19.1 Å². The molecule has 3 fully saturated rings. The minimum absolute atomic E-state index is 0.103. The minimum Gasteiger partial charge on any atom is -0.497 e. The maximum atomic E-state index is 13.8. The molecule has 1 aliphatic carbocycles. The van der Waals surface area contributed by atoms with E-state index in [4.69, 9.17) is 14.5 Å². The lowest BCUT2D eigenvalue weighted by molar-refractivity contribution is -0.137. The molecule has 1 aromatic heterocycles. The second-order valence-electron chi connectivity index (χ2n) is 10.6. The van der Waals surface area contributed by atoms with Crippen molar-refractivity contribution >= 4 is 28.5 Å². The summed E-state index contributed by atoms with van der Waals surface area (Å²) < 4.78 is 11.0. The van der Waals surface area contributed by atoms with E-state index in [1.807, 2.05) is 28.0 Å². The molecule has 0 unspecified atom stereocenters. The van der Waals surface area contributed by atoms with Gasteiger partial charge in [0.25, 0.3) is 0 Å². The van der Waals surface area contributed by atoms with Gasteiger partial charge in [-0.1, -0.05) is 19.3 Å². The van der Waals surface area contributed by atoms with Crippen molar-refractivity contribution in [3.8, 4) is 5.75 Å². The van der Waals surface area contributed by atoms with Gasteiger partial charge >= 0.3 is 0 Å². The Morgan fingerprint density at radius 3 is 2.65 bits per heavy atom. The second kappa shape index (κ2) is 12.1. The summed E-state index contributed by atoms with van der Waals surface area (Å²) in [5, 5.41) is 1.04. The highest BCUT2D eigenvalue weighted by Gasteiger charge is 2.28. The van der Waals surface area contributed by atoms with Crippen LogP contribution in [0.2, 0.25) is 0 Å². The van der Waals surface area contributed by atoms with Crippen molar-refractivity contribution in [2.75, 3.05) is 57.9 Å². The van der Waals surface area contributed by atoms with Crippen LogP contribution >= 0.6 is 0 Å². The van der Waals surface area contributed by atoms with Crippen molar-refractivity contribution in [3.63, 3.8) is 0 Å².